The van der Waals surface area contributed by atoms with Crippen LogP contribution >= 0.6 is 0 Å². The van der Waals surface area contributed by atoms with Crippen molar-refractivity contribution in [2.24, 2.45) is 0 Å². The third-order valence-corrected chi connectivity index (χ3v) is 7.87. The molecule has 0 aliphatic carbocycles. The molecule has 0 amide bonds. The molecule has 0 spiro atoms. The first-order valence-electron chi connectivity index (χ1n) is 14.0. The van der Waals surface area contributed by atoms with E-state index in [-0.39, 0.29) is 21.1 Å². The maximum absolute atomic E-state index is 5.04. The fraction of sp³-hybridized carbons (Fsp3) is 0.167. The van der Waals surface area contributed by atoms with Crippen LogP contribution in [0.1, 0.15) is 50.5 Å². The Kier molecular flexibility index (Phi) is 7.35. The van der Waals surface area contributed by atoms with Crippen molar-refractivity contribution in [3.63, 3.8) is 0 Å². The summed E-state index contributed by atoms with van der Waals surface area (Å²) in [6.45, 7) is 8.44. The first-order valence-corrected chi connectivity index (χ1v) is 14.0. The summed E-state index contributed by atoms with van der Waals surface area (Å²) < 4.78 is 0. The van der Waals surface area contributed by atoms with Crippen LogP contribution in [0.25, 0.3) is 45.6 Å². The number of fused-ring (bicyclic) bond motifs is 10. The molecule has 7 heteroatoms. The summed E-state index contributed by atoms with van der Waals surface area (Å²) in [4.78, 5) is 29.9. The molecule has 212 valence electrons. The number of hydrogen-bond acceptors (Lipinski definition) is 6. The number of aromatic nitrogens is 6. The van der Waals surface area contributed by atoms with Gasteiger partial charge in [0, 0.05) is 22.0 Å². The molecule has 6 nitrogen and oxygen atoms in total. The van der Waals surface area contributed by atoms with Crippen molar-refractivity contribution in [1.29, 1.82) is 0 Å². The number of nitrogens with zero attached hydrogens (tertiary/aromatic N) is 6. The van der Waals surface area contributed by atoms with Crippen molar-refractivity contribution >= 4 is 0 Å². The van der Waals surface area contributed by atoms with E-state index in [0.717, 1.165) is 33.4 Å². The summed E-state index contributed by atoms with van der Waals surface area (Å²) in [5.41, 5.74) is 4.06. The molecule has 2 aromatic heterocycles. The monoisotopic (exact) mass is 739 g/mol. The average molecular weight is 740 g/mol. The van der Waals surface area contributed by atoms with Gasteiger partial charge in [-0.25, -0.2) is 9.97 Å². The Morgan fingerprint density at radius 1 is 0.419 bits per heavy atom. The molecule has 7 rings (SSSR count). The van der Waals surface area contributed by atoms with Crippen molar-refractivity contribution in [2.45, 2.75) is 38.5 Å². The van der Waals surface area contributed by atoms with Crippen molar-refractivity contribution in [2.75, 3.05) is 0 Å². The molecule has 0 saturated heterocycles. The van der Waals surface area contributed by atoms with Gasteiger partial charge in [0.15, 0.2) is 11.6 Å². The van der Waals surface area contributed by atoms with E-state index in [1.165, 1.54) is 0 Å². The Hall–Kier alpha value is -4.41. The van der Waals surface area contributed by atoms with Gasteiger partial charge in [0.1, 0.15) is 11.6 Å². The molecule has 0 unspecified atom stereocenters. The molecule has 0 N–H and O–H groups in total. The van der Waals surface area contributed by atoms with Crippen LogP contribution in [0, 0.1) is 12.1 Å². The summed E-state index contributed by atoms with van der Waals surface area (Å²) in [6.07, 6.45) is 0. The summed E-state index contributed by atoms with van der Waals surface area (Å²) in [6, 6.07) is 39.4. The zero-order valence-corrected chi connectivity index (χ0v) is 26.5. The fourth-order valence-corrected chi connectivity index (χ4v) is 5.15. The van der Waals surface area contributed by atoms with Gasteiger partial charge in [0.05, 0.1) is 11.6 Å². The van der Waals surface area contributed by atoms with Crippen molar-refractivity contribution < 1.29 is 21.1 Å². The number of hydrogen-bond donors (Lipinski definition) is 0. The van der Waals surface area contributed by atoms with E-state index in [0.29, 0.717) is 34.9 Å². The van der Waals surface area contributed by atoms with Gasteiger partial charge in [-0.05, 0) is 0 Å². The predicted octanol–water partition coefficient (Wildman–Crippen LogP) is 7.29. The maximum atomic E-state index is 5.04. The van der Waals surface area contributed by atoms with Gasteiger partial charge in [0.2, 0.25) is 0 Å². The zero-order valence-electron chi connectivity index (χ0n) is 24.2. The Bertz CT molecular complexity index is 1800. The van der Waals surface area contributed by atoms with Crippen LogP contribution in [0.5, 0.6) is 0 Å². The van der Waals surface area contributed by atoms with Gasteiger partial charge in [-0.15, -0.1) is 70.8 Å². The second kappa shape index (κ2) is 11.0. The Morgan fingerprint density at radius 2 is 0.791 bits per heavy atom. The van der Waals surface area contributed by atoms with Crippen LogP contribution in [0.4, 0.5) is 0 Å². The standard InChI is InChI=1S/C36H28N6.Pt/c1-35(2)27-19-11-17-25(21-27)32-38-30(24-15-9-6-10-16-24)40-34(42-32)36(3,4)28-20-12-18-26(22-28)31-37-29(39-33(35)41-31)23-13-7-5-8-14-23;/h5-20H,1-4H3;/q-2;+2. The van der Waals surface area contributed by atoms with Crippen LogP contribution in [-0.2, 0) is 31.9 Å². The molecular formula is C36H28N6Pt. The third kappa shape index (κ3) is 5.21. The Morgan fingerprint density at radius 3 is 1.19 bits per heavy atom. The minimum atomic E-state index is -0.601. The van der Waals surface area contributed by atoms with Gasteiger partial charge in [0.25, 0.3) is 0 Å². The normalized spacial score (nSPS) is 14.2. The SMILES string of the molecule is CC1(C)c2[c-]c(ccc2)-c2nc(-c3ccccc3)nc(n2)C(C)(C)c2[c-]c(ccc2)-c2nc(-c3ccccc3)nc1n2.[Pt+2]. The second-order valence-electron chi connectivity index (χ2n) is 11.6. The molecule has 0 atom stereocenters. The smallest absolute Gasteiger partial charge is 0.262 e. The van der Waals surface area contributed by atoms with E-state index in [4.69, 9.17) is 29.9 Å². The first-order chi connectivity index (χ1) is 20.3. The molecule has 4 aromatic carbocycles. The minimum absolute atomic E-state index is 0. The van der Waals surface area contributed by atoms with Crippen LogP contribution in [0.15, 0.2) is 97.1 Å². The molecule has 0 radical (unpaired) electrons. The molecule has 8 bridgehead atoms. The van der Waals surface area contributed by atoms with Crippen LogP contribution in [0.2, 0.25) is 0 Å². The second-order valence-corrected chi connectivity index (χ2v) is 11.6. The van der Waals surface area contributed by atoms with Gasteiger partial charge in [-0.1, -0.05) is 88.4 Å². The summed E-state index contributed by atoms with van der Waals surface area (Å²) in [7, 11) is 0. The van der Waals surface area contributed by atoms with E-state index in [9.17, 15) is 0 Å². The molecule has 1 aliphatic rings. The molecule has 6 aromatic rings. The largest absolute Gasteiger partial charge is 2.00 e. The molecule has 43 heavy (non-hydrogen) atoms. The van der Waals surface area contributed by atoms with Gasteiger partial charge in [-0.3, -0.25) is 19.9 Å². The predicted molar refractivity (Wildman–Crippen MR) is 163 cm³/mol. The summed E-state index contributed by atoms with van der Waals surface area (Å²) in [5, 5.41) is 0. The van der Waals surface area contributed by atoms with E-state index >= 15 is 0 Å². The van der Waals surface area contributed by atoms with E-state index in [1.807, 2.05) is 84.9 Å². The first kappa shape index (κ1) is 28.7. The van der Waals surface area contributed by atoms with Crippen LogP contribution < -0.4 is 0 Å². The molecule has 3 heterocycles. The molecule has 1 aliphatic heterocycles. The van der Waals surface area contributed by atoms with E-state index in [2.05, 4.69) is 52.0 Å². The van der Waals surface area contributed by atoms with Crippen molar-refractivity contribution in [3.05, 3.63) is 132 Å². The Labute approximate surface area is 266 Å². The van der Waals surface area contributed by atoms with Crippen molar-refractivity contribution in [3.8, 4) is 45.6 Å². The zero-order chi connectivity index (χ0) is 28.9. The number of benzene rings is 4. The average Bonchev–Trinajstić information content (AvgIpc) is 3.05. The Balaban J connectivity index is 0.00000329. The fourth-order valence-electron chi connectivity index (χ4n) is 5.15. The van der Waals surface area contributed by atoms with Gasteiger partial charge >= 0.3 is 21.1 Å². The van der Waals surface area contributed by atoms with Gasteiger partial charge in [-0.2, -0.15) is 0 Å². The van der Waals surface area contributed by atoms with Crippen molar-refractivity contribution in [1.82, 2.24) is 29.9 Å². The van der Waals surface area contributed by atoms with Crippen LogP contribution in [0.3, 0.4) is 0 Å². The summed E-state index contributed by atoms with van der Waals surface area (Å²) >= 11 is 0. The molecule has 0 fully saturated rings. The summed E-state index contributed by atoms with van der Waals surface area (Å²) in [5.74, 6) is 3.67. The van der Waals surface area contributed by atoms with Crippen LogP contribution in [-0.4, -0.2) is 29.9 Å². The van der Waals surface area contributed by atoms with E-state index < -0.39 is 10.8 Å². The third-order valence-electron chi connectivity index (χ3n) is 7.87. The maximum Gasteiger partial charge on any atom is 2.00 e. The minimum Gasteiger partial charge on any atom is -0.262 e. The molecule has 0 saturated carbocycles. The topological polar surface area (TPSA) is 77.3 Å². The quantitative estimate of drug-likeness (QED) is 0.174. The molecular weight excluding hydrogens is 712 g/mol. The van der Waals surface area contributed by atoms with Gasteiger partial charge < -0.3 is 0 Å². The van der Waals surface area contributed by atoms with E-state index in [1.54, 1.807) is 0 Å². The number of rotatable bonds is 2.